The number of ether oxygens (including phenoxy) is 1. The molecule has 6 heteroatoms. The molecule has 2 aromatic heterocycles. The third-order valence-electron chi connectivity index (χ3n) is 6.56. The monoisotopic (exact) mass is 393 g/mol. The van der Waals surface area contributed by atoms with Gasteiger partial charge in [-0.1, -0.05) is 12.1 Å². The third-order valence-corrected chi connectivity index (χ3v) is 6.56. The maximum Gasteiger partial charge on any atom is 0.140 e. The summed E-state index contributed by atoms with van der Waals surface area (Å²) in [6, 6.07) is 9.65. The number of fused-ring (bicyclic) bond motifs is 2. The lowest BCUT2D eigenvalue weighted by Crippen LogP contribution is -2.34. The average Bonchev–Trinajstić information content (AvgIpc) is 3.26. The van der Waals surface area contributed by atoms with E-state index in [2.05, 4.69) is 11.1 Å². The number of aromatic nitrogens is 2. The van der Waals surface area contributed by atoms with Gasteiger partial charge in [0.15, 0.2) is 0 Å². The van der Waals surface area contributed by atoms with Gasteiger partial charge in [0.2, 0.25) is 0 Å². The molecule has 0 bridgehead atoms. The summed E-state index contributed by atoms with van der Waals surface area (Å²) < 4.78 is 8.23. The fourth-order valence-corrected chi connectivity index (χ4v) is 4.97. The number of hydrogen-bond donors (Lipinski definition) is 3. The Hall–Kier alpha value is -2.41. The summed E-state index contributed by atoms with van der Waals surface area (Å²) in [7, 11) is 0. The van der Waals surface area contributed by atoms with Crippen LogP contribution in [-0.4, -0.2) is 38.1 Å². The minimum Gasteiger partial charge on any atom is -0.487 e. The second-order valence-corrected chi connectivity index (χ2v) is 8.36. The number of rotatable bonds is 3. The van der Waals surface area contributed by atoms with Crippen molar-refractivity contribution in [3.63, 3.8) is 0 Å². The molecule has 2 heterocycles. The van der Waals surface area contributed by atoms with E-state index in [0.717, 1.165) is 47.2 Å². The number of aliphatic hydroxyl groups excluding tert-OH is 2. The Morgan fingerprint density at radius 3 is 2.90 bits per heavy atom. The summed E-state index contributed by atoms with van der Waals surface area (Å²) in [6.45, 7) is 2.04. The molecular weight excluding hydrogens is 366 g/mol. The van der Waals surface area contributed by atoms with Crippen LogP contribution in [0.4, 0.5) is 0 Å². The van der Waals surface area contributed by atoms with Crippen LogP contribution in [-0.2, 0) is 6.42 Å². The van der Waals surface area contributed by atoms with E-state index < -0.39 is 18.3 Å². The van der Waals surface area contributed by atoms with Gasteiger partial charge in [0, 0.05) is 35.8 Å². The first-order valence-electron chi connectivity index (χ1n) is 10.4. The SMILES string of the molecule is Cc1ccnc2c1ccn2C1CC(Oc2cccc3c2C(N)CCC3)C(O)C1O. The molecule has 0 aliphatic heterocycles. The fourth-order valence-electron chi connectivity index (χ4n) is 4.97. The van der Waals surface area contributed by atoms with E-state index in [4.69, 9.17) is 10.5 Å². The molecule has 0 amide bonds. The number of aryl methyl sites for hydroxylation is 2. The lowest BCUT2D eigenvalue weighted by molar-refractivity contribution is -0.0167. The van der Waals surface area contributed by atoms with Crippen LogP contribution in [0.3, 0.4) is 0 Å². The molecule has 152 valence electrons. The van der Waals surface area contributed by atoms with E-state index in [1.807, 2.05) is 42.0 Å². The molecule has 6 nitrogen and oxygen atoms in total. The maximum absolute atomic E-state index is 10.8. The Kier molecular flexibility index (Phi) is 4.57. The van der Waals surface area contributed by atoms with E-state index in [1.54, 1.807) is 6.20 Å². The highest BCUT2D eigenvalue weighted by Crippen LogP contribution is 2.40. The molecule has 0 saturated heterocycles. The van der Waals surface area contributed by atoms with Gasteiger partial charge in [-0.2, -0.15) is 0 Å². The Balaban J connectivity index is 1.44. The fraction of sp³-hybridized carbons (Fsp3) is 0.435. The number of pyridine rings is 1. The maximum atomic E-state index is 10.8. The van der Waals surface area contributed by atoms with Crippen molar-refractivity contribution in [2.75, 3.05) is 0 Å². The summed E-state index contributed by atoms with van der Waals surface area (Å²) in [6.07, 6.45) is 4.83. The largest absolute Gasteiger partial charge is 0.487 e. The summed E-state index contributed by atoms with van der Waals surface area (Å²) in [5, 5.41) is 22.6. The van der Waals surface area contributed by atoms with Crippen molar-refractivity contribution >= 4 is 11.0 Å². The van der Waals surface area contributed by atoms with Gasteiger partial charge in [0.1, 0.15) is 29.7 Å². The Labute approximate surface area is 169 Å². The zero-order valence-electron chi connectivity index (χ0n) is 16.5. The first-order chi connectivity index (χ1) is 14.0. The zero-order chi connectivity index (χ0) is 20.1. The second kappa shape index (κ2) is 7.13. The molecule has 3 aromatic rings. The van der Waals surface area contributed by atoms with Crippen LogP contribution < -0.4 is 10.5 Å². The summed E-state index contributed by atoms with van der Waals surface area (Å²) in [5.74, 6) is 0.734. The van der Waals surface area contributed by atoms with Crippen LogP contribution in [0, 0.1) is 6.92 Å². The lowest BCUT2D eigenvalue weighted by atomic mass is 9.87. The van der Waals surface area contributed by atoms with Gasteiger partial charge in [-0.15, -0.1) is 0 Å². The van der Waals surface area contributed by atoms with E-state index in [0.29, 0.717) is 6.42 Å². The smallest absolute Gasteiger partial charge is 0.140 e. The minimum atomic E-state index is -0.974. The molecule has 5 atom stereocenters. The molecule has 2 aliphatic carbocycles. The summed E-state index contributed by atoms with van der Waals surface area (Å²) in [4.78, 5) is 4.50. The molecule has 5 rings (SSSR count). The number of aliphatic hydroxyl groups is 2. The quantitative estimate of drug-likeness (QED) is 0.636. The molecule has 1 aromatic carbocycles. The standard InChI is InChI=1S/C23H27N3O3/c1-13-8-10-25-23-15(13)9-11-26(23)17-12-19(22(28)21(17)27)29-18-7-3-5-14-4-2-6-16(24)20(14)18/h3,5,7-11,16-17,19,21-22,27-28H,2,4,6,12,24H2,1H3. The topological polar surface area (TPSA) is 93.5 Å². The van der Waals surface area contributed by atoms with Gasteiger partial charge in [0.25, 0.3) is 0 Å². The van der Waals surface area contributed by atoms with Gasteiger partial charge >= 0.3 is 0 Å². The van der Waals surface area contributed by atoms with Crippen LogP contribution in [0.1, 0.15) is 48.0 Å². The van der Waals surface area contributed by atoms with Crippen molar-refractivity contribution in [3.8, 4) is 5.75 Å². The van der Waals surface area contributed by atoms with Gasteiger partial charge in [-0.05, 0) is 55.5 Å². The second-order valence-electron chi connectivity index (χ2n) is 8.36. The highest BCUT2D eigenvalue weighted by Gasteiger charge is 2.44. The molecule has 0 spiro atoms. The van der Waals surface area contributed by atoms with Crippen molar-refractivity contribution in [3.05, 3.63) is 59.4 Å². The van der Waals surface area contributed by atoms with Gasteiger partial charge in [-0.25, -0.2) is 4.98 Å². The van der Waals surface area contributed by atoms with E-state index in [-0.39, 0.29) is 12.1 Å². The van der Waals surface area contributed by atoms with Crippen LogP contribution in [0.15, 0.2) is 42.7 Å². The summed E-state index contributed by atoms with van der Waals surface area (Å²) in [5.41, 5.74) is 10.6. The van der Waals surface area contributed by atoms with Crippen molar-refractivity contribution in [2.24, 2.45) is 5.73 Å². The summed E-state index contributed by atoms with van der Waals surface area (Å²) >= 11 is 0. The predicted molar refractivity (Wildman–Crippen MR) is 111 cm³/mol. The molecule has 5 unspecified atom stereocenters. The normalized spacial score (nSPS) is 29.2. The van der Waals surface area contributed by atoms with Crippen LogP contribution in [0.5, 0.6) is 5.75 Å². The molecule has 1 saturated carbocycles. The number of nitrogens with two attached hydrogens (primary N) is 1. The van der Waals surface area contributed by atoms with Crippen molar-refractivity contribution in [1.29, 1.82) is 0 Å². The number of hydrogen-bond acceptors (Lipinski definition) is 5. The molecule has 29 heavy (non-hydrogen) atoms. The van der Waals surface area contributed by atoms with Crippen LogP contribution >= 0.6 is 0 Å². The zero-order valence-corrected chi connectivity index (χ0v) is 16.5. The van der Waals surface area contributed by atoms with E-state index in [9.17, 15) is 10.2 Å². The average molecular weight is 393 g/mol. The predicted octanol–water partition coefficient (Wildman–Crippen LogP) is 2.80. The highest BCUT2D eigenvalue weighted by molar-refractivity contribution is 5.79. The molecule has 4 N–H and O–H groups in total. The van der Waals surface area contributed by atoms with Gasteiger partial charge in [-0.3, -0.25) is 0 Å². The molecular formula is C23H27N3O3. The van der Waals surface area contributed by atoms with E-state index >= 15 is 0 Å². The Bertz CT molecular complexity index is 1050. The molecule has 1 fully saturated rings. The van der Waals surface area contributed by atoms with Crippen molar-refractivity contribution in [1.82, 2.24) is 9.55 Å². The van der Waals surface area contributed by atoms with Gasteiger partial charge < -0.3 is 25.3 Å². The molecule has 2 aliphatic rings. The van der Waals surface area contributed by atoms with E-state index in [1.165, 1.54) is 5.56 Å². The van der Waals surface area contributed by atoms with Crippen LogP contribution in [0.2, 0.25) is 0 Å². The molecule has 0 radical (unpaired) electrons. The number of nitrogens with zero attached hydrogens (tertiary/aromatic N) is 2. The van der Waals surface area contributed by atoms with Crippen molar-refractivity contribution < 1.29 is 14.9 Å². The number of benzene rings is 1. The van der Waals surface area contributed by atoms with Crippen LogP contribution in [0.25, 0.3) is 11.0 Å². The first kappa shape index (κ1) is 18.6. The van der Waals surface area contributed by atoms with Gasteiger partial charge in [0.05, 0.1) is 6.04 Å². The third kappa shape index (κ3) is 3.03. The highest BCUT2D eigenvalue weighted by atomic mass is 16.5. The van der Waals surface area contributed by atoms with Crippen molar-refractivity contribution in [2.45, 2.75) is 63.0 Å². The lowest BCUT2D eigenvalue weighted by Gasteiger charge is -2.27. The first-order valence-corrected chi connectivity index (χ1v) is 10.4. The minimum absolute atomic E-state index is 0.0465. The Morgan fingerprint density at radius 2 is 2.03 bits per heavy atom. The Morgan fingerprint density at radius 1 is 1.17 bits per heavy atom.